The van der Waals surface area contributed by atoms with Crippen LogP contribution < -0.4 is 0 Å². The van der Waals surface area contributed by atoms with Crippen LogP contribution in [0.4, 0.5) is 0 Å². The van der Waals surface area contributed by atoms with Crippen molar-refractivity contribution >= 4 is 0 Å². The first kappa shape index (κ1) is 12.1. The first-order valence-corrected chi connectivity index (χ1v) is 2.79. The maximum atomic E-state index is 9.15. The standard InChI is InChI=1S/C6H15NO.Ni/c1-6(2,8)5-7(3)4;/h8H,5H2,1-4H3;. The number of nitrogens with zero attached hydrogens (tertiary/aromatic N) is 1. The SMILES string of the molecule is CN(C)CC(C)(C)O.[Ni]. The molecule has 0 radical (unpaired) electrons. The zero-order valence-corrected chi connectivity index (χ0v) is 7.41. The number of hydrogen-bond donors (Lipinski definition) is 1. The van der Waals surface area contributed by atoms with Crippen molar-refractivity contribution in [3.05, 3.63) is 0 Å². The normalized spacial score (nSPS) is 11.3. The Morgan fingerprint density at radius 3 is 1.67 bits per heavy atom. The van der Waals surface area contributed by atoms with E-state index in [1.54, 1.807) is 13.8 Å². The predicted molar refractivity (Wildman–Crippen MR) is 34.9 cm³/mol. The van der Waals surface area contributed by atoms with Crippen molar-refractivity contribution in [1.29, 1.82) is 0 Å². The molecule has 0 spiro atoms. The molecule has 0 heterocycles. The van der Waals surface area contributed by atoms with E-state index >= 15 is 0 Å². The Hall–Kier alpha value is 0.414. The molecule has 3 heteroatoms. The molecule has 9 heavy (non-hydrogen) atoms. The summed E-state index contributed by atoms with van der Waals surface area (Å²) in [5.41, 5.74) is -0.552. The summed E-state index contributed by atoms with van der Waals surface area (Å²) in [7, 11) is 3.88. The monoisotopic (exact) mass is 175 g/mol. The second-order valence-corrected chi connectivity index (χ2v) is 3.05. The van der Waals surface area contributed by atoms with Crippen molar-refractivity contribution in [1.82, 2.24) is 4.90 Å². The Morgan fingerprint density at radius 2 is 1.67 bits per heavy atom. The molecule has 0 saturated heterocycles. The topological polar surface area (TPSA) is 23.5 Å². The number of hydrogen-bond acceptors (Lipinski definition) is 2. The molecule has 1 N–H and O–H groups in total. The van der Waals surface area contributed by atoms with Crippen molar-refractivity contribution in [2.24, 2.45) is 0 Å². The molecule has 0 fully saturated rings. The van der Waals surface area contributed by atoms with Gasteiger partial charge in [0.1, 0.15) is 0 Å². The minimum atomic E-state index is -0.552. The van der Waals surface area contributed by atoms with E-state index < -0.39 is 5.60 Å². The smallest absolute Gasteiger partial charge is 0.0717 e. The number of aliphatic hydroxyl groups is 1. The van der Waals surface area contributed by atoms with Crippen LogP contribution in [0.15, 0.2) is 0 Å². The molecule has 0 atom stereocenters. The van der Waals surface area contributed by atoms with E-state index in [0.717, 1.165) is 0 Å². The van der Waals surface area contributed by atoms with Crippen molar-refractivity contribution in [2.45, 2.75) is 19.4 Å². The third kappa shape index (κ3) is 11.8. The maximum absolute atomic E-state index is 9.15. The zero-order chi connectivity index (χ0) is 6.78. The quantitative estimate of drug-likeness (QED) is 0.612. The van der Waals surface area contributed by atoms with Crippen molar-refractivity contribution in [3.63, 3.8) is 0 Å². The average molecular weight is 176 g/mol. The van der Waals surface area contributed by atoms with Crippen LogP contribution in [-0.4, -0.2) is 36.2 Å². The fourth-order valence-corrected chi connectivity index (χ4v) is 0.774. The summed E-state index contributed by atoms with van der Waals surface area (Å²) >= 11 is 0. The van der Waals surface area contributed by atoms with E-state index in [2.05, 4.69) is 0 Å². The van der Waals surface area contributed by atoms with E-state index in [0.29, 0.717) is 6.54 Å². The van der Waals surface area contributed by atoms with Gasteiger partial charge in [0.15, 0.2) is 0 Å². The summed E-state index contributed by atoms with van der Waals surface area (Å²) in [5.74, 6) is 0. The molecule has 0 aromatic heterocycles. The summed E-state index contributed by atoms with van der Waals surface area (Å²) in [6, 6.07) is 0. The van der Waals surface area contributed by atoms with Crippen LogP contribution in [0.25, 0.3) is 0 Å². The number of rotatable bonds is 2. The van der Waals surface area contributed by atoms with Gasteiger partial charge in [-0.3, -0.25) is 0 Å². The van der Waals surface area contributed by atoms with Gasteiger partial charge in [0.2, 0.25) is 0 Å². The van der Waals surface area contributed by atoms with E-state index in [1.807, 2.05) is 19.0 Å². The Bertz CT molecular complexity index is 67.9. The van der Waals surface area contributed by atoms with Crippen LogP contribution in [0.2, 0.25) is 0 Å². The molecular weight excluding hydrogens is 161 g/mol. The third-order valence-corrected chi connectivity index (χ3v) is 0.703. The summed E-state index contributed by atoms with van der Waals surface area (Å²) in [4.78, 5) is 1.96. The van der Waals surface area contributed by atoms with Crippen molar-refractivity contribution < 1.29 is 21.6 Å². The molecular formula is C6H15NNiO. The molecule has 2 nitrogen and oxygen atoms in total. The second kappa shape index (κ2) is 4.26. The van der Waals surface area contributed by atoms with Gasteiger partial charge in [0, 0.05) is 23.0 Å². The summed E-state index contributed by atoms with van der Waals surface area (Å²) in [5, 5.41) is 9.15. The van der Waals surface area contributed by atoms with E-state index in [-0.39, 0.29) is 16.5 Å². The zero-order valence-electron chi connectivity index (χ0n) is 6.42. The maximum Gasteiger partial charge on any atom is 0.0717 e. The molecule has 0 aliphatic rings. The Kier molecular flexibility index (Phi) is 5.74. The van der Waals surface area contributed by atoms with Crippen LogP contribution in [-0.2, 0) is 16.5 Å². The van der Waals surface area contributed by atoms with Gasteiger partial charge in [-0.05, 0) is 27.9 Å². The van der Waals surface area contributed by atoms with Gasteiger partial charge < -0.3 is 10.0 Å². The van der Waals surface area contributed by atoms with Gasteiger partial charge in [-0.15, -0.1) is 0 Å². The molecule has 0 aliphatic carbocycles. The molecule has 60 valence electrons. The molecule has 0 amide bonds. The van der Waals surface area contributed by atoms with Crippen molar-refractivity contribution in [3.8, 4) is 0 Å². The van der Waals surface area contributed by atoms with Gasteiger partial charge in [-0.2, -0.15) is 0 Å². The van der Waals surface area contributed by atoms with Crippen LogP contribution >= 0.6 is 0 Å². The molecule has 0 aliphatic heterocycles. The molecule has 0 saturated carbocycles. The Labute approximate surface area is 67.2 Å². The van der Waals surface area contributed by atoms with E-state index in [9.17, 15) is 0 Å². The van der Waals surface area contributed by atoms with Crippen LogP contribution in [0, 0.1) is 0 Å². The van der Waals surface area contributed by atoms with E-state index in [1.165, 1.54) is 0 Å². The first-order valence-electron chi connectivity index (χ1n) is 2.79. The molecule has 0 bridgehead atoms. The van der Waals surface area contributed by atoms with Gasteiger partial charge in [0.05, 0.1) is 5.60 Å². The summed E-state index contributed by atoms with van der Waals surface area (Å²) < 4.78 is 0. The summed E-state index contributed by atoms with van der Waals surface area (Å²) in [6.45, 7) is 4.31. The summed E-state index contributed by atoms with van der Waals surface area (Å²) in [6.07, 6.45) is 0. The Balaban J connectivity index is 0. The number of likely N-dealkylation sites (N-methyl/N-ethyl adjacent to an activating group) is 1. The molecule has 0 rings (SSSR count). The van der Waals surface area contributed by atoms with Gasteiger partial charge >= 0.3 is 0 Å². The van der Waals surface area contributed by atoms with E-state index in [4.69, 9.17) is 5.11 Å². The van der Waals surface area contributed by atoms with Crippen molar-refractivity contribution in [2.75, 3.05) is 20.6 Å². The Morgan fingerprint density at radius 1 is 1.33 bits per heavy atom. The largest absolute Gasteiger partial charge is 0.389 e. The molecule has 0 unspecified atom stereocenters. The second-order valence-electron chi connectivity index (χ2n) is 3.05. The van der Waals surface area contributed by atoms with Gasteiger partial charge in [0.25, 0.3) is 0 Å². The predicted octanol–water partition coefficient (Wildman–Crippen LogP) is 0.316. The fraction of sp³-hybridized carbons (Fsp3) is 1.00. The van der Waals surface area contributed by atoms with Crippen LogP contribution in [0.1, 0.15) is 13.8 Å². The third-order valence-electron chi connectivity index (χ3n) is 0.703. The first-order chi connectivity index (χ1) is 3.42. The fourth-order valence-electron chi connectivity index (χ4n) is 0.774. The minimum Gasteiger partial charge on any atom is -0.389 e. The van der Waals surface area contributed by atoms with Crippen LogP contribution in [0.3, 0.4) is 0 Å². The van der Waals surface area contributed by atoms with Crippen LogP contribution in [0.5, 0.6) is 0 Å². The van der Waals surface area contributed by atoms with Gasteiger partial charge in [-0.1, -0.05) is 0 Å². The molecule has 0 aromatic carbocycles. The van der Waals surface area contributed by atoms with Gasteiger partial charge in [-0.25, -0.2) is 0 Å². The molecule has 0 aromatic rings. The average Bonchev–Trinajstić information content (AvgIpc) is 1.21. The minimum absolute atomic E-state index is 0.